The lowest BCUT2D eigenvalue weighted by Crippen LogP contribution is -2.68. The fraction of sp³-hybridized carbons (Fsp3) is 0.138. The molecule has 37 heavy (non-hydrogen) atoms. The first kappa shape index (κ1) is 27.9. The quantitative estimate of drug-likeness (QED) is 0.359. The first-order valence-electron chi connectivity index (χ1n) is 11.6. The summed E-state index contributed by atoms with van der Waals surface area (Å²) >= 11 is 0. The molecule has 0 radical (unpaired) electrons. The van der Waals surface area contributed by atoms with Crippen LogP contribution in [0.25, 0.3) is 17.7 Å². The highest BCUT2D eigenvalue weighted by atomic mass is 35.7. The Morgan fingerprint density at radius 2 is 1.46 bits per heavy atom. The minimum atomic E-state index is -4.94. The maximum Gasteiger partial charge on any atom is 0.169 e. The molecule has 8 heteroatoms. The number of anilines is 1. The molecule has 4 rings (SSSR count). The van der Waals surface area contributed by atoms with E-state index in [4.69, 9.17) is 23.4 Å². The van der Waals surface area contributed by atoms with E-state index in [0.29, 0.717) is 0 Å². The second-order valence-corrected chi connectivity index (χ2v) is 9.04. The van der Waals surface area contributed by atoms with Crippen LogP contribution < -0.4 is 32.8 Å². The Morgan fingerprint density at radius 1 is 0.838 bits per heavy atom. The maximum atomic E-state index is 8.49. The molecule has 7 nitrogen and oxygen atoms in total. The molecule has 0 aliphatic carbocycles. The highest BCUT2D eigenvalue weighted by Gasteiger charge is 2.14. The number of nitrogens with zero attached hydrogens (tertiary/aromatic N) is 2. The molecule has 192 valence electrons. The Balaban J connectivity index is 0.000000695. The summed E-state index contributed by atoms with van der Waals surface area (Å²) in [5, 5.41) is 0. The number of halogens is 1. The molecule has 1 aliphatic rings. The molecule has 0 amide bonds. The van der Waals surface area contributed by atoms with Crippen LogP contribution in [0.15, 0.2) is 103 Å². The zero-order valence-corrected chi connectivity index (χ0v) is 21.7. The lowest BCUT2D eigenvalue weighted by molar-refractivity contribution is -2.00. The van der Waals surface area contributed by atoms with E-state index in [0.717, 1.165) is 34.8 Å². The van der Waals surface area contributed by atoms with E-state index in [1.807, 2.05) is 18.2 Å². The normalized spacial score (nSPS) is 14.1. The Bertz CT molecular complexity index is 1280. The summed E-state index contributed by atoms with van der Waals surface area (Å²) < 4.78 is 42.3. The topological polar surface area (TPSA) is 109 Å². The van der Waals surface area contributed by atoms with Gasteiger partial charge < -0.3 is 9.64 Å². The average Bonchev–Trinajstić information content (AvgIpc) is 2.86. The summed E-state index contributed by atoms with van der Waals surface area (Å²) in [6.45, 7) is 3.09. The number of para-hydroxylation sites is 1. The number of hydrogen-bond acceptors (Lipinski definition) is 6. The zero-order chi connectivity index (χ0) is 26.8. The zero-order valence-electron chi connectivity index (χ0n) is 20.9. The van der Waals surface area contributed by atoms with E-state index in [2.05, 4.69) is 122 Å². The average molecular weight is 521 g/mol. The van der Waals surface area contributed by atoms with Crippen molar-refractivity contribution in [2.75, 3.05) is 19.0 Å². The number of pyridine rings is 1. The second-order valence-electron chi connectivity index (χ2n) is 8.29. The van der Waals surface area contributed by atoms with Crippen LogP contribution in [0.2, 0.25) is 0 Å². The van der Waals surface area contributed by atoms with Gasteiger partial charge in [0.1, 0.15) is 18.1 Å². The number of benzene rings is 2. The molecule has 3 aromatic rings. The van der Waals surface area contributed by atoms with E-state index < -0.39 is 10.2 Å². The first-order chi connectivity index (χ1) is 17.6. The van der Waals surface area contributed by atoms with E-state index >= 15 is 0 Å². The fourth-order valence-corrected chi connectivity index (χ4v) is 3.54. The molecule has 2 aromatic carbocycles. The SMILES string of the molecule is CC[n+]1ccc(C=C2C=C(C=CC=Cc3ccc(N(C)C)cc3)c3ccccc3O2)cc1.[O-][Cl+3]([O-])([O-])[O-]. The van der Waals surface area contributed by atoms with E-state index in [9.17, 15) is 0 Å². The Kier molecular flexibility index (Phi) is 9.79. The maximum absolute atomic E-state index is 8.49. The predicted octanol–water partition coefficient (Wildman–Crippen LogP) is 1.39. The minimum Gasteiger partial charge on any atom is -0.457 e. The van der Waals surface area contributed by atoms with Crippen LogP contribution in [0, 0.1) is 10.2 Å². The van der Waals surface area contributed by atoms with Gasteiger partial charge in [-0.25, -0.2) is 23.2 Å². The van der Waals surface area contributed by atoms with Gasteiger partial charge in [0.25, 0.3) is 0 Å². The van der Waals surface area contributed by atoms with Gasteiger partial charge in [-0.15, -0.1) is 10.2 Å². The number of fused-ring (bicyclic) bond motifs is 1. The van der Waals surface area contributed by atoms with Gasteiger partial charge in [-0.05, 0) is 54.0 Å². The number of hydrogen-bond donors (Lipinski definition) is 0. The third-order valence-electron chi connectivity index (χ3n) is 5.40. The standard InChI is InChI=1S/C29H29N2O.ClHO4/c1-4-31-19-17-24(18-20-31)21-27-22-25(28-11-7-8-12-29(28)32-27)10-6-5-9-23-13-15-26(16-14-23)30(2)3;2-1(3,4)5/h5-22H,4H2,1-3H3;(H,2,3,4,5)/q+1;/p-1. The summed E-state index contributed by atoms with van der Waals surface area (Å²) in [5.74, 6) is 1.71. The molecule has 1 aromatic heterocycles. The van der Waals surface area contributed by atoms with Crippen molar-refractivity contribution in [2.24, 2.45) is 0 Å². The van der Waals surface area contributed by atoms with Gasteiger partial charge in [-0.1, -0.05) is 54.6 Å². The van der Waals surface area contributed by atoms with Gasteiger partial charge in [-0.2, -0.15) is 0 Å². The van der Waals surface area contributed by atoms with Gasteiger partial charge in [0.05, 0.1) is 0 Å². The van der Waals surface area contributed by atoms with Crippen LogP contribution in [0.5, 0.6) is 5.75 Å². The molecule has 0 fully saturated rings. The molecule has 0 saturated heterocycles. The lowest BCUT2D eigenvalue weighted by Gasteiger charge is -2.18. The van der Waals surface area contributed by atoms with E-state index in [-0.39, 0.29) is 0 Å². The molecule has 0 N–H and O–H groups in total. The van der Waals surface area contributed by atoms with Crippen LogP contribution in [-0.2, 0) is 6.54 Å². The van der Waals surface area contributed by atoms with Crippen LogP contribution in [0.1, 0.15) is 23.6 Å². The van der Waals surface area contributed by atoms with Crippen LogP contribution in [-0.4, -0.2) is 14.1 Å². The largest absolute Gasteiger partial charge is 0.457 e. The number of aromatic nitrogens is 1. The molecular formula is C29H29ClN2O5. The van der Waals surface area contributed by atoms with Crippen molar-refractivity contribution < 1.29 is 38.2 Å². The lowest BCUT2D eigenvalue weighted by atomic mass is 10.0. The van der Waals surface area contributed by atoms with E-state index in [1.165, 1.54) is 11.3 Å². The molecular weight excluding hydrogens is 492 g/mol. The summed E-state index contributed by atoms with van der Waals surface area (Å²) in [7, 11) is -0.843. The van der Waals surface area contributed by atoms with E-state index in [1.54, 1.807) is 0 Å². The second kappa shape index (κ2) is 13.0. The van der Waals surface area contributed by atoms with Crippen molar-refractivity contribution >= 4 is 23.4 Å². The number of rotatable bonds is 6. The predicted molar refractivity (Wildman–Crippen MR) is 134 cm³/mol. The van der Waals surface area contributed by atoms with Crippen LogP contribution in [0.4, 0.5) is 5.69 Å². The minimum absolute atomic E-state index is 0.834. The van der Waals surface area contributed by atoms with Crippen molar-refractivity contribution in [3.8, 4) is 5.75 Å². The third kappa shape index (κ3) is 9.34. The third-order valence-corrected chi connectivity index (χ3v) is 5.40. The Labute approximate surface area is 219 Å². The molecule has 0 unspecified atom stereocenters. The van der Waals surface area contributed by atoms with Crippen molar-refractivity contribution in [3.63, 3.8) is 0 Å². The van der Waals surface area contributed by atoms with Gasteiger partial charge in [0, 0.05) is 37.5 Å². The number of aryl methyl sites for hydroxylation is 1. The molecule has 1 aliphatic heterocycles. The van der Waals surface area contributed by atoms with Crippen LogP contribution >= 0.6 is 0 Å². The van der Waals surface area contributed by atoms with Crippen molar-refractivity contribution in [1.82, 2.24) is 0 Å². The van der Waals surface area contributed by atoms with Gasteiger partial charge in [0.15, 0.2) is 12.4 Å². The monoisotopic (exact) mass is 520 g/mol. The smallest absolute Gasteiger partial charge is 0.169 e. The number of allylic oxidation sites excluding steroid dienone is 5. The van der Waals surface area contributed by atoms with Crippen molar-refractivity contribution in [1.29, 1.82) is 0 Å². The summed E-state index contributed by atoms with van der Waals surface area (Å²) in [6, 6.07) is 20.9. The summed E-state index contributed by atoms with van der Waals surface area (Å²) in [6.07, 6.45) is 16.8. The van der Waals surface area contributed by atoms with Gasteiger partial charge in [0.2, 0.25) is 0 Å². The van der Waals surface area contributed by atoms with Gasteiger partial charge in [-0.3, -0.25) is 0 Å². The molecule has 2 heterocycles. The van der Waals surface area contributed by atoms with Gasteiger partial charge >= 0.3 is 0 Å². The summed E-state index contributed by atoms with van der Waals surface area (Å²) in [5.41, 5.74) is 5.72. The fourth-order valence-electron chi connectivity index (χ4n) is 3.54. The Hall–Kier alpha value is -3.72. The molecule has 0 saturated carbocycles. The Morgan fingerprint density at radius 3 is 2.08 bits per heavy atom. The molecule has 0 bridgehead atoms. The van der Waals surface area contributed by atoms with Crippen LogP contribution in [0.3, 0.4) is 0 Å². The highest BCUT2D eigenvalue weighted by Crippen LogP contribution is 2.34. The first-order valence-corrected chi connectivity index (χ1v) is 12.8. The number of ether oxygens (including phenoxy) is 1. The molecule has 0 atom stereocenters. The highest BCUT2D eigenvalue weighted by molar-refractivity contribution is 5.83. The molecule has 0 spiro atoms. The van der Waals surface area contributed by atoms with Crippen molar-refractivity contribution in [3.05, 3.63) is 120 Å². The van der Waals surface area contributed by atoms with Crippen molar-refractivity contribution in [2.45, 2.75) is 13.5 Å². The summed E-state index contributed by atoms with van der Waals surface area (Å²) in [4.78, 5) is 2.10.